The van der Waals surface area contributed by atoms with Gasteiger partial charge in [-0.2, -0.15) is 16.9 Å². The maximum atomic E-state index is 5.17. The number of aliphatic imine (C=N–C) groups is 1. The van der Waals surface area contributed by atoms with Crippen LogP contribution < -0.4 is 10.6 Å². The molecule has 2 N–H and O–H groups in total. The van der Waals surface area contributed by atoms with E-state index >= 15 is 0 Å². The molecule has 1 aromatic heterocycles. The van der Waals surface area contributed by atoms with Gasteiger partial charge in [0, 0.05) is 55.1 Å². The third-order valence-corrected chi connectivity index (χ3v) is 8.02. The number of rotatable bonds is 6. The van der Waals surface area contributed by atoms with Gasteiger partial charge in [-0.25, -0.2) is 9.67 Å². The average Bonchev–Trinajstić information content (AvgIpc) is 3.23. The lowest BCUT2D eigenvalue weighted by Gasteiger charge is -2.47. The molecular formula is C23H41N7S. The molecule has 0 spiro atoms. The lowest BCUT2D eigenvalue weighted by atomic mass is 9.80. The van der Waals surface area contributed by atoms with Crippen LogP contribution in [0.5, 0.6) is 0 Å². The molecule has 8 heteroatoms. The van der Waals surface area contributed by atoms with E-state index in [1.165, 1.54) is 56.7 Å². The van der Waals surface area contributed by atoms with Gasteiger partial charge in [-0.1, -0.05) is 33.1 Å². The number of nitrogens with one attached hydrogen (secondary N) is 2. The van der Waals surface area contributed by atoms with Gasteiger partial charge in [0.1, 0.15) is 5.82 Å². The summed E-state index contributed by atoms with van der Waals surface area (Å²) in [5, 5.41) is 12.0. The molecule has 2 aliphatic heterocycles. The van der Waals surface area contributed by atoms with E-state index in [9.17, 15) is 0 Å². The molecule has 1 atom stereocenters. The Hall–Kier alpha value is -1.28. The summed E-state index contributed by atoms with van der Waals surface area (Å²) < 4.78 is 2.11. The minimum absolute atomic E-state index is 0.263. The molecule has 0 bridgehead atoms. The van der Waals surface area contributed by atoms with Crippen molar-refractivity contribution in [3.63, 3.8) is 0 Å². The van der Waals surface area contributed by atoms with Crippen LogP contribution in [0.25, 0.3) is 0 Å². The molecule has 1 aromatic rings. The number of fused-ring (bicyclic) bond motifs is 1. The minimum Gasteiger partial charge on any atom is -0.357 e. The van der Waals surface area contributed by atoms with Crippen LogP contribution in [-0.2, 0) is 13.0 Å². The molecule has 2 fully saturated rings. The summed E-state index contributed by atoms with van der Waals surface area (Å²) in [6.07, 6.45) is 8.72. The highest BCUT2D eigenvalue weighted by Crippen LogP contribution is 2.35. The van der Waals surface area contributed by atoms with Gasteiger partial charge in [-0.15, -0.1) is 0 Å². The standard InChI is InChI=1S/C23H41N7S/c1-4-24-22(26-19-8-9-20-27-21(18(2)3)28-30(20)16-19)25-17-23(10-6-5-7-11-23)29-12-14-31-15-13-29/h18-19H,4-17H2,1-3H3,(H2,24,25,26). The summed E-state index contributed by atoms with van der Waals surface area (Å²) in [5.74, 6) is 5.98. The molecule has 3 aliphatic rings. The third-order valence-electron chi connectivity index (χ3n) is 7.07. The third kappa shape index (κ3) is 5.56. The fraction of sp³-hybridized carbons (Fsp3) is 0.870. The van der Waals surface area contributed by atoms with Gasteiger partial charge in [0.05, 0.1) is 13.1 Å². The minimum atomic E-state index is 0.263. The summed E-state index contributed by atoms with van der Waals surface area (Å²) in [5.41, 5.74) is 0.263. The summed E-state index contributed by atoms with van der Waals surface area (Å²) in [6.45, 7) is 11.6. The zero-order valence-corrected chi connectivity index (χ0v) is 20.5. The number of thioether (sulfide) groups is 1. The maximum Gasteiger partial charge on any atom is 0.191 e. The number of guanidine groups is 1. The highest BCUT2D eigenvalue weighted by molar-refractivity contribution is 7.99. The number of hydrogen-bond donors (Lipinski definition) is 2. The van der Waals surface area contributed by atoms with Crippen molar-refractivity contribution in [3.05, 3.63) is 11.6 Å². The van der Waals surface area contributed by atoms with Gasteiger partial charge in [0.25, 0.3) is 0 Å². The molecule has 7 nitrogen and oxygen atoms in total. The Morgan fingerprint density at radius 2 is 2.00 bits per heavy atom. The van der Waals surface area contributed by atoms with E-state index in [1.807, 2.05) is 0 Å². The first-order valence-electron chi connectivity index (χ1n) is 12.4. The van der Waals surface area contributed by atoms with Crippen molar-refractivity contribution in [2.45, 2.75) is 89.8 Å². The first kappa shape index (κ1) is 22.9. The van der Waals surface area contributed by atoms with Crippen LogP contribution in [0.3, 0.4) is 0 Å². The van der Waals surface area contributed by atoms with Crippen LogP contribution in [0, 0.1) is 0 Å². The summed E-state index contributed by atoms with van der Waals surface area (Å²) in [6, 6.07) is 0.348. The second-order valence-electron chi connectivity index (χ2n) is 9.68. The normalized spacial score (nSPS) is 24.8. The van der Waals surface area contributed by atoms with E-state index in [4.69, 9.17) is 15.1 Å². The zero-order chi connectivity index (χ0) is 21.7. The van der Waals surface area contributed by atoms with Crippen molar-refractivity contribution >= 4 is 17.7 Å². The molecule has 0 amide bonds. The Morgan fingerprint density at radius 1 is 1.23 bits per heavy atom. The molecule has 4 rings (SSSR count). The molecule has 0 aromatic carbocycles. The Bertz CT molecular complexity index is 732. The first-order valence-corrected chi connectivity index (χ1v) is 13.6. The Kier molecular flexibility index (Phi) is 7.80. The molecule has 1 saturated heterocycles. The SMILES string of the molecule is CCNC(=NCC1(N2CCSCC2)CCCCC1)NC1CCc2nc(C(C)C)nn2C1. The highest BCUT2D eigenvalue weighted by atomic mass is 32.2. The predicted molar refractivity (Wildman–Crippen MR) is 130 cm³/mol. The van der Waals surface area contributed by atoms with Gasteiger partial charge in [0.2, 0.25) is 0 Å². The lowest BCUT2D eigenvalue weighted by Crippen LogP contribution is -2.56. The van der Waals surface area contributed by atoms with Crippen LogP contribution >= 0.6 is 11.8 Å². The summed E-state index contributed by atoms with van der Waals surface area (Å²) >= 11 is 2.10. The second kappa shape index (κ2) is 10.6. The zero-order valence-electron chi connectivity index (χ0n) is 19.7. The van der Waals surface area contributed by atoms with Crippen molar-refractivity contribution in [1.82, 2.24) is 30.3 Å². The van der Waals surface area contributed by atoms with Crippen LogP contribution in [0.15, 0.2) is 4.99 Å². The molecule has 1 saturated carbocycles. The number of nitrogens with zero attached hydrogens (tertiary/aromatic N) is 5. The van der Waals surface area contributed by atoms with Crippen molar-refractivity contribution in [2.75, 3.05) is 37.7 Å². The molecule has 3 heterocycles. The largest absolute Gasteiger partial charge is 0.357 e. The lowest BCUT2D eigenvalue weighted by molar-refractivity contribution is 0.0671. The molecule has 0 radical (unpaired) electrons. The van der Waals surface area contributed by atoms with Gasteiger partial charge in [-0.3, -0.25) is 9.89 Å². The van der Waals surface area contributed by atoms with E-state index in [0.29, 0.717) is 12.0 Å². The van der Waals surface area contributed by atoms with E-state index in [2.05, 4.69) is 52.7 Å². The van der Waals surface area contributed by atoms with Crippen LogP contribution in [-0.4, -0.2) is 74.9 Å². The molecule has 1 aliphatic carbocycles. The molecular weight excluding hydrogens is 406 g/mol. The number of aryl methyl sites for hydroxylation is 1. The fourth-order valence-corrected chi connectivity index (χ4v) is 6.16. The van der Waals surface area contributed by atoms with Gasteiger partial charge >= 0.3 is 0 Å². The second-order valence-corrected chi connectivity index (χ2v) is 10.9. The first-order chi connectivity index (χ1) is 15.1. The van der Waals surface area contributed by atoms with E-state index in [-0.39, 0.29) is 5.54 Å². The predicted octanol–water partition coefficient (Wildman–Crippen LogP) is 3.02. The van der Waals surface area contributed by atoms with Crippen molar-refractivity contribution in [3.8, 4) is 0 Å². The Balaban J connectivity index is 1.43. The van der Waals surface area contributed by atoms with E-state index in [1.54, 1.807) is 0 Å². The molecule has 31 heavy (non-hydrogen) atoms. The summed E-state index contributed by atoms with van der Waals surface area (Å²) in [4.78, 5) is 12.7. The van der Waals surface area contributed by atoms with Crippen LogP contribution in [0.2, 0.25) is 0 Å². The van der Waals surface area contributed by atoms with Crippen LogP contribution in [0.1, 0.15) is 76.9 Å². The van der Waals surface area contributed by atoms with Gasteiger partial charge in [0.15, 0.2) is 11.8 Å². The average molecular weight is 448 g/mol. The van der Waals surface area contributed by atoms with Crippen molar-refractivity contribution < 1.29 is 0 Å². The fourth-order valence-electron chi connectivity index (χ4n) is 5.25. The number of aromatic nitrogens is 3. The maximum absolute atomic E-state index is 5.17. The van der Waals surface area contributed by atoms with Gasteiger partial charge < -0.3 is 10.6 Å². The van der Waals surface area contributed by atoms with Crippen molar-refractivity contribution in [2.24, 2.45) is 4.99 Å². The Morgan fingerprint density at radius 3 is 2.71 bits per heavy atom. The highest BCUT2D eigenvalue weighted by Gasteiger charge is 2.38. The summed E-state index contributed by atoms with van der Waals surface area (Å²) in [7, 11) is 0. The quantitative estimate of drug-likeness (QED) is 0.516. The molecule has 1 unspecified atom stereocenters. The van der Waals surface area contributed by atoms with Crippen molar-refractivity contribution in [1.29, 1.82) is 0 Å². The van der Waals surface area contributed by atoms with E-state index in [0.717, 1.165) is 50.1 Å². The molecule has 174 valence electrons. The number of hydrogen-bond acceptors (Lipinski definition) is 5. The smallest absolute Gasteiger partial charge is 0.191 e. The monoisotopic (exact) mass is 447 g/mol. The topological polar surface area (TPSA) is 70.4 Å². The van der Waals surface area contributed by atoms with Crippen LogP contribution in [0.4, 0.5) is 0 Å². The van der Waals surface area contributed by atoms with E-state index < -0.39 is 0 Å². The van der Waals surface area contributed by atoms with Gasteiger partial charge in [-0.05, 0) is 26.2 Å². The Labute approximate surface area is 192 Å².